The van der Waals surface area contributed by atoms with Gasteiger partial charge < -0.3 is 14.4 Å². The number of amides is 1. The summed E-state index contributed by atoms with van der Waals surface area (Å²) in [6.07, 6.45) is 0. The smallest absolute Gasteiger partial charge is 0.272 e. The van der Waals surface area contributed by atoms with Crippen LogP contribution in [-0.2, 0) is 6.54 Å². The zero-order valence-electron chi connectivity index (χ0n) is 15.1. The minimum Gasteiger partial charge on any atom is -0.486 e. The number of nitrogens with one attached hydrogen (secondary N) is 1. The maximum absolute atomic E-state index is 13.0. The molecule has 1 amide bonds. The predicted octanol–water partition coefficient (Wildman–Crippen LogP) is 3.51. The predicted molar refractivity (Wildman–Crippen MR) is 102 cm³/mol. The van der Waals surface area contributed by atoms with Crippen molar-refractivity contribution >= 4 is 5.91 Å². The van der Waals surface area contributed by atoms with Crippen molar-refractivity contribution in [3.63, 3.8) is 0 Å². The summed E-state index contributed by atoms with van der Waals surface area (Å²) in [5.74, 6) is 1.36. The molecule has 1 N–H and O–H groups in total. The largest absolute Gasteiger partial charge is 0.486 e. The van der Waals surface area contributed by atoms with Gasteiger partial charge in [0, 0.05) is 24.2 Å². The molecule has 0 aliphatic carbocycles. The minimum absolute atomic E-state index is 0.0958. The maximum Gasteiger partial charge on any atom is 0.272 e. The maximum atomic E-state index is 13.0. The summed E-state index contributed by atoms with van der Waals surface area (Å²) in [7, 11) is 0. The van der Waals surface area contributed by atoms with Crippen LogP contribution in [0.5, 0.6) is 11.5 Å². The number of H-pyrrole nitrogens is 1. The van der Waals surface area contributed by atoms with Crippen LogP contribution in [0.2, 0.25) is 0 Å². The fourth-order valence-corrected chi connectivity index (χ4v) is 3.15. The highest BCUT2D eigenvalue weighted by Gasteiger charge is 2.21. The third-order valence-electron chi connectivity index (χ3n) is 4.56. The van der Waals surface area contributed by atoms with Gasteiger partial charge in [-0.1, -0.05) is 42.5 Å². The van der Waals surface area contributed by atoms with Gasteiger partial charge in [0.1, 0.15) is 18.9 Å². The molecule has 3 aromatic rings. The molecule has 2 heterocycles. The Morgan fingerprint density at radius 1 is 1.11 bits per heavy atom. The van der Waals surface area contributed by atoms with Crippen molar-refractivity contribution in [2.75, 3.05) is 19.8 Å². The fraction of sp³-hybridized carbons (Fsp3) is 0.238. The number of aromatic nitrogens is 2. The Morgan fingerprint density at radius 3 is 2.74 bits per heavy atom. The number of carbonyl (C=O) groups is 1. The van der Waals surface area contributed by atoms with E-state index in [2.05, 4.69) is 10.2 Å². The molecule has 0 bridgehead atoms. The number of fused-ring (bicyclic) bond motifs is 1. The van der Waals surface area contributed by atoms with Gasteiger partial charge in [0.2, 0.25) is 0 Å². The number of nitrogens with zero attached hydrogens (tertiary/aromatic N) is 2. The second-order valence-electron chi connectivity index (χ2n) is 6.29. The van der Waals surface area contributed by atoms with Crippen LogP contribution in [0.25, 0.3) is 11.3 Å². The number of aromatic amines is 1. The molecule has 1 aromatic heterocycles. The molecule has 0 saturated carbocycles. The lowest BCUT2D eigenvalue weighted by molar-refractivity contribution is 0.0743. The number of carbonyl (C=O) groups excluding carboxylic acids is 1. The van der Waals surface area contributed by atoms with Crippen LogP contribution in [0, 0.1) is 0 Å². The summed E-state index contributed by atoms with van der Waals surface area (Å²) in [5.41, 5.74) is 3.13. The lowest BCUT2D eigenvalue weighted by Crippen LogP contribution is -2.31. The molecule has 0 saturated heterocycles. The summed E-state index contributed by atoms with van der Waals surface area (Å²) in [5, 5.41) is 7.15. The van der Waals surface area contributed by atoms with Gasteiger partial charge in [-0.05, 0) is 19.1 Å². The molecule has 138 valence electrons. The lowest BCUT2D eigenvalue weighted by atomic mass is 10.1. The normalized spacial score (nSPS) is 12.6. The Bertz CT molecular complexity index is 937. The van der Waals surface area contributed by atoms with Crippen LogP contribution in [-0.4, -0.2) is 40.8 Å². The fourth-order valence-electron chi connectivity index (χ4n) is 3.15. The van der Waals surface area contributed by atoms with Crippen molar-refractivity contribution in [3.05, 3.63) is 65.9 Å². The molecule has 1 aliphatic heterocycles. The Kier molecular flexibility index (Phi) is 4.78. The van der Waals surface area contributed by atoms with Crippen molar-refractivity contribution in [2.45, 2.75) is 13.5 Å². The number of hydrogen-bond acceptors (Lipinski definition) is 4. The zero-order valence-corrected chi connectivity index (χ0v) is 15.1. The molecule has 0 fully saturated rings. The SMILES string of the molecule is CCN(Cc1cccc2c1OCCO2)C(=O)c1cc(-c2ccccc2)n[nH]1. The Hall–Kier alpha value is -3.28. The van der Waals surface area contributed by atoms with E-state index in [0.29, 0.717) is 32.0 Å². The van der Waals surface area contributed by atoms with E-state index in [1.54, 1.807) is 11.0 Å². The monoisotopic (exact) mass is 363 g/mol. The summed E-state index contributed by atoms with van der Waals surface area (Å²) < 4.78 is 11.4. The molecular formula is C21H21N3O3. The lowest BCUT2D eigenvalue weighted by Gasteiger charge is -2.25. The van der Waals surface area contributed by atoms with E-state index in [9.17, 15) is 4.79 Å². The van der Waals surface area contributed by atoms with E-state index in [1.807, 2.05) is 55.5 Å². The van der Waals surface area contributed by atoms with Crippen LogP contribution in [0.3, 0.4) is 0 Å². The molecule has 0 spiro atoms. The van der Waals surface area contributed by atoms with Gasteiger partial charge in [-0.25, -0.2) is 0 Å². The number of ether oxygens (including phenoxy) is 2. The second-order valence-corrected chi connectivity index (χ2v) is 6.29. The van der Waals surface area contributed by atoms with Crippen LogP contribution in [0.15, 0.2) is 54.6 Å². The molecule has 4 rings (SSSR count). The Labute approximate surface area is 157 Å². The third kappa shape index (κ3) is 3.51. The highest BCUT2D eigenvalue weighted by atomic mass is 16.6. The minimum atomic E-state index is -0.0958. The summed E-state index contributed by atoms with van der Waals surface area (Å²) in [6.45, 7) is 4.04. The summed E-state index contributed by atoms with van der Waals surface area (Å²) in [6, 6.07) is 17.3. The van der Waals surface area contributed by atoms with E-state index >= 15 is 0 Å². The first-order valence-corrected chi connectivity index (χ1v) is 9.04. The van der Waals surface area contributed by atoms with Crippen LogP contribution in [0.1, 0.15) is 23.0 Å². The van der Waals surface area contributed by atoms with Crippen molar-refractivity contribution in [2.24, 2.45) is 0 Å². The molecule has 1 aliphatic rings. The molecule has 0 radical (unpaired) electrons. The standard InChI is InChI=1S/C21H21N3O3/c1-2-24(14-16-9-6-10-19-20(16)27-12-11-26-19)21(25)18-13-17(22-23-18)15-7-4-3-5-8-15/h3-10,13H,2,11-12,14H2,1H3,(H,22,23). The molecule has 2 aromatic carbocycles. The van der Waals surface area contributed by atoms with Gasteiger partial charge in [0.15, 0.2) is 11.5 Å². The van der Waals surface area contributed by atoms with Gasteiger partial charge in [-0.2, -0.15) is 5.10 Å². The zero-order chi connectivity index (χ0) is 18.6. The van der Waals surface area contributed by atoms with E-state index in [-0.39, 0.29) is 5.91 Å². The number of para-hydroxylation sites is 1. The summed E-state index contributed by atoms with van der Waals surface area (Å²) >= 11 is 0. The van der Waals surface area contributed by atoms with E-state index in [1.165, 1.54) is 0 Å². The van der Waals surface area contributed by atoms with Crippen LogP contribution in [0.4, 0.5) is 0 Å². The van der Waals surface area contributed by atoms with Crippen molar-refractivity contribution in [1.29, 1.82) is 0 Å². The average molecular weight is 363 g/mol. The first-order valence-electron chi connectivity index (χ1n) is 9.04. The van der Waals surface area contributed by atoms with Crippen molar-refractivity contribution < 1.29 is 14.3 Å². The quantitative estimate of drug-likeness (QED) is 0.753. The van der Waals surface area contributed by atoms with E-state index in [0.717, 1.165) is 28.3 Å². The van der Waals surface area contributed by atoms with Gasteiger partial charge in [-0.15, -0.1) is 0 Å². The van der Waals surface area contributed by atoms with E-state index < -0.39 is 0 Å². The molecule has 0 atom stereocenters. The number of benzene rings is 2. The Balaban J connectivity index is 1.55. The topological polar surface area (TPSA) is 67.5 Å². The van der Waals surface area contributed by atoms with Crippen molar-refractivity contribution in [3.8, 4) is 22.8 Å². The van der Waals surface area contributed by atoms with E-state index in [4.69, 9.17) is 9.47 Å². The number of rotatable bonds is 5. The molecular weight excluding hydrogens is 342 g/mol. The first kappa shape index (κ1) is 17.1. The van der Waals surface area contributed by atoms with Gasteiger partial charge in [0.05, 0.1) is 5.69 Å². The Morgan fingerprint density at radius 2 is 1.93 bits per heavy atom. The first-order chi connectivity index (χ1) is 13.3. The highest BCUT2D eigenvalue weighted by Crippen LogP contribution is 2.34. The molecule has 27 heavy (non-hydrogen) atoms. The molecule has 0 unspecified atom stereocenters. The van der Waals surface area contributed by atoms with Gasteiger partial charge >= 0.3 is 0 Å². The van der Waals surface area contributed by atoms with Crippen LogP contribution >= 0.6 is 0 Å². The molecule has 6 nitrogen and oxygen atoms in total. The number of hydrogen-bond donors (Lipinski definition) is 1. The van der Waals surface area contributed by atoms with Crippen molar-refractivity contribution in [1.82, 2.24) is 15.1 Å². The van der Waals surface area contributed by atoms with Gasteiger partial charge in [0.25, 0.3) is 5.91 Å². The second kappa shape index (κ2) is 7.53. The highest BCUT2D eigenvalue weighted by molar-refractivity contribution is 5.93. The third-order valence-corrected chi connectivity index (χ3v) is 4.56. The van der Waals surface area contributed by atoms with Gasteiger partial charge in [-0.3, -0.25) is 9.89 Å². The van der Waals surface area contributed by atoms with Crippen LogP contribution < -0.4 is 9.47 Å². The summed E-state index contributed by atoms with van der Waals surface area (Å²) in [4.78, 5) is 14.7. The molecule has 6 heteroatoms. The average Bonchev–Trinajstić information content (AvgIpc) is 3.22.